The fourth-order valence-corrected chi connectivity index (χ4v) is 1.94. The SMILES string of the molecule is C=CCN(CC=C)Cc1cn2cc(N)ccc2n1. The third-order valence-electron chi connectivity index (χ3n) is 2.68. The molecular weight excluding hydrogens is 224 g/mol. The van der Waals surface area contributed by atoms with Gasteiger partial charge in [0, 0.05) is 37.7 Å². The van der Waals surface area contributed by atoms with Gasteiger partial charge in [-0.3, -0.25) is 4.90 Å². The second-order valence-electron chi connectivity index (χ2n) is 4.23. The van der Waals surface area contributed by atoms with Gasteiger partial charge in [-0.15, -0.1) is 13.2 Å². The van der Waals surface area contributed by atoms with Crippen LogP contribution in [-0.4, -0.2) is 27.4 Å². The first kappa shape index (κ1) is 12.4. The van der Waals surface area contributed by atoms with E-state index < -0.39 is 0 Å². The van der Waals surface area contributed by atoms with Crippen LogP contribution in [0.1, 0.15) is 5.69 Å². The number of aromatic nitrogens is 2. The van der Waals surface area contributed by atoms with Crippen molar-refractivity contribution in [2.24, 2.45) is 0 Å². The van der Waals surface area contributed by atoms with Crippen LogP contribution in [-0.2, 0) is 6.54 Å². The van der Waals surface area contributed by atoms with Crippen LogP contribution in [0.15, 0.2) is 49.8 Å². The van der Waals surface area contributed by atoms with Crippen molar-refractivity contribution in [1.82, 2.24) is 14.3 Å². The lowest BCUT2D eigenvalue weighted by molar-refractivity contribution is 0.324. The highest BCUT2D eigenvalue weighted by Gasteiger charge is 2.06. The van der Waals surface area contributed by atoms with E-state index in [1.54, 1.807) is 0 Å². The minimum Gasteiger partial charge on any atom is -0.398 e. The van der Waals surface area contributed by atoms with Gasteiger partial charge in [-0.05, 0) is 12.1 Å². The molecule has 18 heavy (non-hydrogen) atoms. The average Bonchev–Trinajstić information content (AvgIpc) is 2.71. The number of anilines is 1. The summed E-state index contributed by atoms with van der Waals surface area (Å²) in [7, 11) is 0. The zero-order valence-corrected chi connectivity index (χ0v) is 10.4. The number of imidazole rings is 1. The lowest BCUT2D eigenvalue weighted by Gasteiger charge is -2.16. The molecule has 2 rings (SSSR count). The van der Waals surface area contributed by atoms with Crippen molar-refractivity contribution in [3.63, 3.8) is 0 Å². The minimum atomic E-state index is 0.737. The summed E-state index contributed by atoms with van der Waals surface area (Å²) in [4.78, 5) is 6.77. The molecule has 0 aliphatic rings. The molecular formula is C14H18N4. The summed E-state index contributed by atoms with van der Waals surface area (Å²) < 4.78 is 1.95. The Morgan fingerprint density at radius 2 is 1.94 bits per heavy atom. The Kier molecular flexibility index (Phi) is 3.79. The van der Waals surface area contributed by atoms with Crippen LogP contribution < -0.4 is 5.73 Å². The summed E-state index contributed by atoms with van der Waals surface area (Å²) in [5.74, 6) is 0. The monoisotopic (exact) mass is 242 g/mol. The Morgan fingerprint density at radius 3 is 2.61 bits per heavy atom. The lowest BCUT2D eigenvalue weighted by atomic mass is 10.4. The molecule has 0 bridgehead atoms. The van der Waals surface area contributed by atoms with Gasteiger partial charge in [0.1, 0.15) is 5.65 Å². The van der Waals surface area contributed by atoms with Gasteiger partial charge in [-0.1, -0.05) is 12.2 Å². The van der Waals surface area contributed by atoms with Crippen molar-refractivity contribution >= 4 is 11.3 Å². The number of nitrogens with zero attached hydrogens (tertiary/aromatic N) is 3. The van der Waals surface area contributed by atoms with E-state index in [9.17, 15) is 0 Å². The van der Waals surface area contributed by atoms with Crippen molar-refractivity contribution in [3.05, 3.63) is 55.5 Å². The predicted molar refractivity (Wildman–Crippen MR) is 75.3 cm³/mol. The van der Waals surface area contributed by atoms with Crippen LogP contribution in [0.25, 0.3) is 5.65 Å². The van der Waals surface area contributed by atoms with Crippen molar-refractivity contribution in [1.29, 1.82) is 0 Å². The Hall–Kier alpha value is -2.07. The Balaban J connectivity index is 2.19. The molecule has 0 aliphatic carbocycles. The number of fused-ring (bicyclic) bond motifs is 1. The predicted octanol–water partition coefficient (Wildman–Crippen LogP) is 2.09. The molecule has 0 amide bonds. The maximum Gasteiger partial charge on any atom is 0.137 e. The van der Waals surface area contributed by atoms with E-state index in [0.29, 0.717) is 0 Å². The number of hydrogen-bond acceptors (Lipinski definition) is 3. The fraction of sp³-hybridized carbons (Fsp3) is 0.214. The zero-order chi connectivity index (χ0) is 13.0. The molecule has 0 aromatic carbocycles. The number of nitrogens with two attached hydrogens (primary N) is 1. The van der Waals surface area contributed by atoms with E-state index >= 15 is 0 Å². The summed E-state index contributed by atoms with van der Waals surface area (Å²) in [6.07, 6.45) is 7.65. The standard InChI is InChI=1S/C14H18N4/c1-3-7-17(8-4-2)10-13-11-18-9-12(15)5-6-14(18)16-13/h3-6,9,11H,1-2,7-8,10,15H2. The molecule has 2 N–H and O–H groups in total. The summed E-state index contributed by atoms with van der Waals surface area (Å²) in [6, 6.07) is 3.78. The van der Waals surface area contributed by atoms with Crippen molar-refractivity contribution in [2.75, 3.05) is 18.8 Å². The van der Waals surface area contributed by atoms with E-state index in [-0.39, 0.29) is 0 Å². The highest BCUT2D eigenvalue weighted by atomic mass is 15.1. The second kappa shape index (κ2) is 5.51. The number of nitrogen functional groups attached to an aromatic ring is 1. The quantitative estimate of drug-likeness (QED) is 0.789. The van der Waals surface area contributed by atoms with Crippen LogP contribution in [0.2, 0.25) is 0 Å². The maximum atomic E-state index is 5.74. The molecule has 4 heteroatoms. The summed E-state index contributed by atoms with van der Waals surface area (Å²) >= 11 is 0. The van der Waals surface area contributed by atoms with Gasteiger partial charge < -0.3 is 10.1 Å². The minimum absolute atomic E-state index is 0.737. The van der Waals surface area contributed by atoms with E-state index in [4.69, 9.17) is 5.73 Å². The lowest BCUT2D eigenvalue weighted by Crippen LogP contribution is -2.23. The van der Waals surface area contributed by atoms with E-state index in [1.807, 2.05) is 41.1 Å². The molecule has 0 radical (unpaired) electrons. The smallest absolute Gasteiger partial charge is 0.137 e. The van der Waals surface area contributed by atoms with Crippen molar-refractivity contribution < 1.29 is 0 Å². The molecule has 0 saturated heterocycles. The van der Waals surface area contributed by atoms with Crippen molar-refractivity contribution in [2.45, 2.75) is 6.54 Å². The maximum absolute atomic E-state index is 5.74. The van der Waals surface area contributed by atoms with Gasteiger partial charge in [0.15, 0.2) is 0 Å². The van der Waals surface area contributed by atoms with Gasteiger partial charge >= 0.3 is 0 Å². The molecule has 0 spiro atoms. The van der Waals surface area contributed by atoms with Crippen LogP contribution in [0, 0.1) is 0 Å². The van der Waals surface area contributed by atoms with E-state index in [2.05, 4.69) is 23.0 Å². The molecule has 2 aromatic heterocycles. The van der Waals surface area contributed by atoms with Crippen molar-refractivity contribution in [3.8, 4) is 0 Å². The Morgan fingerprint density at radius 1 is 1.22 bits per heavy atom. The molecule has 4 nitrogen and oxygen atoms in total. The first-order valence-corrected chi connectivity index (χ1v) is 5.90. The molecule has 0 aliphatic heterocycles. The first-order chi connectivity index (χ1) is 8.72. The van der Waals surface area contributed by atoms with Gasteiger partial charge in [0.05, 0.1) is 5.69 Å². The van der Waals surface area contributed by atoms with Gasteiger partial charge in [-0.2, -0.15) is 0 Å². The van der Waals surface area contributed by atoms with Crippen LogP contribution >= 0.6 is 0 Å². The third kappa shape index (κ3) is 2.78. The molecule has 94 valence electrons. The van der Waals surface area contributed by atoms with Crippen LogP contribution in [0.3, 0.4) is 0 Å². The highest BCUT2D eigenvalue weighted by molar-refractivity contribution is 5.48. The molecule has 2 heterocycles. The molecule has 0 fully saturated rings. The zero-order valence-electron chi connectivity index (χ0n) is 10.4. The van der Waals surface area contributed by atoms with E-state index in [0.717, 1.165) is 36.7 Å². The fourth-order valence-electron chi connectivity index (χ4n) is 1.94. The molecule has 0 unspecified atom stereocenters. The Labute approximate surface area is 107 Å². The molecule has 2 aromatic rings. The molecule has 0 saturated carbocycles. The highest BCUT2D eigenvalue weighted by Crippen LogP contribution is 2.10. The molecule has 0 atom stereocenters. The topological polar surface area (TPSA) is 46.6 Å². The van der Waals surface area contributed by atoms with Crippen LogP contribution in [0.4, 0.5) is 5.69 Å². The number of pyridine rings is 1. The normalized spacial score (nSPS) is 10.9. The summed E-state index contributed by atoms with van der Waals surface area (Å²) in [6.45, 7) is 9.94. The number of hydrogen-bond donors (Lipinski definition) is 1. The third-order valence-corrected chi connectivity index (χ3v) is 2.68. The largest absolute Gasteiger partial charge is 0.398 e. The average molecular weight is 242 g/mol. The summed E-state index contributed by atoms with van der Waals surface area (Å²) in [5, 5.41) is 0. The second-order valence-corrected chi connectivity index (χ2v) is 4.23. The van der Waals surface area contributed by atoms with Gasteiger partial charge in [0.2, 0.25) is 0 Å². The first-order valence-electron chi connectivity index (χ1n) is 5.90. The Bertz CT molecular complexity index is 546. The van der Waals surface area contributed by atoms with Crippen LogP contribution in [0.5, 0.6) is 0 Å². The summed E-state index contributed by atoms with van der Waals surface area (Å²) in [5.41, 5.74) is 8.41. The van der Waals surface area contributed by atoms with E-state index in [1.165, 1.54) is 0 Å². The van der Waals surface area contributed by atoms with Gasteiger partial charge in [-0.25, -0.2) is 4.98 Å². The van der Waals surface area contributed by atoms with Gasteiger partial charge in [0.25, 0.3) is 0 Å². The number of rotatable bonds is 6.